The molecule has 2 heterocycles. The van der Waals surface area contributed by atoms with Gasteiger partial charge in [-0.05, 0) is 43.2 Å². The molecule has 3 aromatic rings. The van der Waals surface area contributed by atoms with E-state index in [0.717, 1.165) is 5.56 Å². The summed E-state index contributed by atoms with van der Waals surface area (Å²) in [6.45, 7) is 2.39. The lowest BCUT2D eigenvalue weighted by Crippen LogP contribution is -2.30. The zero-order chi connectivity index (χ0) is 21.3. The van der Waals surface area contributed by atoms with Crippen LogP contribution in [0.4, 0.5) is 10.5 Å². The Kier molecular flexibility index (Phi) is 5.13. The van der Waals surface area contributed by atoms with E-state index < -0.39 is 21.8 Å². The fourth-order valence-corrected chi connectivity index (χ4v) is 4.61. The summed E-state index contributed by atoms with van der Waals surface area (Å²) in [6, 6.07) is 14.9. The van der Waals surface area contributed by atoms with E-state index in [4.69, 9.17) is 4.74 Å². The molecule has 0 saturated heterocycles. The molecule has 0 saturated carbocycles. The van der Waals surface area contributed by atoms with Crippen molar-refractivity contribution in [2.45, 2.75) is 18.2 Å². The Balaban J connectivity index is 1.68. The molecule has 1 amide bonds. The fraction of sp³-hybridized carbons (Fsp3) is 0.190. The van der Waals surface area contributed by atoms with E-state index in [9.17, 15) is 18.0 Å². The van der Waals surface area contributed by atoms with Gasteiger partial charge in [-0.15, -0.1) is 0 Å². The number of benzene rings is 2. The Labute approximate surface area is 173 Å². The fourth-order valence-electron chi connectivity index (χ4n) is 3.39. The molecular formula is C21H19N3O5S. The first-order valence-electron chi connectivity index (χ1n) is 9.39. The van der Waals surface area contributed by atoms with E-state index in [1.165, 1.54) is 29.3 Å². The van der Waals surface area contributed by atoms with Gasteiger partial charge in [-0.25, -0.2) is 18.0 Å². The van der Waals surface area contributed by atoms with Gasteiger partial charge in [0.1, 0.15) is 0 Å². The predicted molar refractivity (Wildman–Crippen MR) is 111 cm³/mol. The summed E-state index contributed by atoms with van der Waals surface area (Å²) < 4.78 is 31.7. The first kappa shape index (κ1) is 19.8. The van der Waals surface area contributed by atoms with E-state index in [2.05, 4.69) is 4.98 Å². The predicted octanol–water partition coefficient (Wildman–Crippen LogP) is 2.67. The van der Waals surface area contributed by atoms with Gasteiger partial charge in [0.2, 0.25) is 0 Å². The van der Waals surface area contributed by atoms with Crippen LogP contribution in [-0.4, -0.2) is 36.6 Å². The van der Waals surface area contributed by atoms with Crippen LogP contribution in [0.3, 0.4) is 0 Å². The maximum atomic E-state index is 13.0. The van der Waals surface area contributed by atoms with Crippen LogP contribution in [0.25, 0.3) is 11.3 Å². The highest BCUT2D eigenvalue weighted by Crippen LogP contribution is 2.31. The molecule has 154 valence electrons. The van der Waals surface area contributed by atoms with Crippen molar-refractivity contribution in [2.75, 3.05) is 18.1 Å². The standard InChI is InChI=1S/C21H19N3O5S/c1-2-29-21(26)23-12-10-16-14-17(8-9-19(16)23)30(27,28)24-13-11-18(22-20(24)25)15-6-4-3-5-7-15/h3-9,11,13-14H,2,10,12H2,1H3. The van der Waals surface area contributed by atoms with E-state index >= 15 is 0 Å². The van der Waals surface area contributed by atoms with Crippen molar-refractivity contribution in [1.82, 2.24) is 8.96 Å². The minimum atomic E-state index is -4.13. The second kappa shape index (κ2) is 7.75. The molecular weight excluding hydrogens is 406 g/mol. The summed E-state index contributed by atoms with van der Waals surface area (Å²) in [5, 5.41) is 0. The zero-order valence-corrected chi connectivity index (χ0v) is 17.0. The van der Waals surface area contributed by atoms with E-state index in [0.29, 0.717) is 33.9 Å². The largest absolute Gasteiger partial charge is 0.449 e. The normalized spacial score (nSPS) is 13.2. The molecule has 0 N–H and O–H groups in total. The summed E-state index contributed by atoms with van der Waals surface area (Å²) in [7, 11) is -4.13. The average molecular weight is 425 g/mol. The molecule has 1 aliphatic rings. The maximum absolute atomic E-state index is 13.0. The molecule has 1 aliphatic heterocycles. The van der Waals surface area contributed by atoms with Gasteiger partial charge in [0.15, 0.2) is 0 Å². The number of rotatable bonds is 4. The van der Waals surface area contributed by atoms with Gasteiger partial charge in [0, 0.05) is 18.3 Å². The number of aromatic nitrogens is 2. The van der Waals surface area contributed by atoms with Gasteiger partial charge in [0.25, 0.3) is 10.0 Å². The molecule has 1 aromatic heterocycles. The summed E-state index contributed by atoms with van der Waals surface area (Å²) in [5.41, 5.74) is 1.54. The van der Waals surface area contributed by atoms with Gasteiger partial charge in [-0.2, -0.15) is 8.96 Å². The molecule has 0 fully saturated rings. The third kappa shape index (κ3) is 3.48. The summed E-state index contributed by atoms with van der Waals surface area (Å²) >= 11 is 0. The van der Waals surface area contributed by atoms with Crippen LogP contribution in [0, 0.1) is 0 Å². The Hall–Kier alpha value is -3.46. The lowest BCUT2D eigenvalue weighted by molar-refractivity contribution is 0.160. The number of ether oxygens (including phenoxy) is 1. The van der Waals surface area contributed by atoms with E-state index in [-0.39, 0.29) is 11.5 Å². The van der Waals surface area contributed by atoms with Gasteiger partial charge in [-0.1, -0.05) is 30.3 Å². The minimum absolute atomic E-state index is 0.0386. The van der Waals surface area contributed by atoms with Gasteiger partial charge in [0.05, 0.1) is 22.9 Å². The summed E-state index contributed by atoms with van der Waals surface area (Å²) in [6.07, 6.45) is 1.24. The van der Waals surface area contributed by atoms with Gasteiger partial charge in [-0.3, -0.25) is 4.90 Å². The highest BCUT2D eigenvalue weighted by Gasteiger charge is 2.28. The number of nitrogens with zero attached hydrogens (tertiary/aromatic N) is 3. The highest BCUT2D eigenvalue weighted by molar-refractivity contribution is 7.90. The quantitative estimate of drug-likeness (QED) is 0.637. The van der Waals surface area contributed by atoms with Crippen LogP contribution < -0.4 is 10.6 Å². The van der Waals surface area contributed by atoms with Gasteiger partial charge >= 0.3 is 11.8 Å². The minimum Gasteiger partial charge on any atom is -0.449 e. The number of hydrogen-bond donors (Lipinski definition) is 0. The monoisotopic (exact) mass is 425 g/mol. The van der Waals surface area contributed by atoms with Crippen molar-refractivity contribution in [2.24, 2.45) is 0 Å². The average Bonchev–Trinajstić information content (AvgIpc) is 3.18. The van der Waals surface area contributed by atoms with Crippen molar-refractivity contribution in [3.63, 3.8) is 0 Å². The van der Waals surface area contributed by atoms with Gasteiger partial charge < -0.3 is 4.74 Å². The number of anilines is 1. The molecule has 0 bridgehead atoms. The molecule has 0 atom stereocenters. The van der Waals surface area contributed by atoms with Crippen molar-refractivity contribution < 1.29 is 17.9 Å². The lowest BCUT2D eigenvalue weighted by Gasteiger charge is -2.16. The molecule has 30 heavy (non-hydrogen) atoms. The number of amides is 1. The molecule has 2 aromatic carbocycles. The third-order valence-corrected chi connectivity index (χ3v) is 6.48. The van der Waals surface area contributed by atoms with Crippen molar-refractivity contribution in [3.8, 4) is 11.3 Å². The molecule has 0 radical (unpaired) electrons. The SMILES string of the molecule is CCOC(=O)N1CCc2cc(S(=O)(=O)n3ccc(-c4ccccc4)nc3=O)ccc21. The maximum Gasteiger partial charge on any atom is 0.414 e. The lowest BCUT2D eigenvalue weighted by atomic mass is 10.1. The van der Waals surface area contributed by atoms with Crippen LogP contribution in [0.5, 0.6) is 0 Å². The van der Waals surface area contributed by atoms with E-state index in [1.54, 1.807) is 25.1 Å². The second-order valence-corrected chi connectivity index (χ2v) is 8.47. The van der Waals surface area contributed by atoms with Crippen LogP contribution in [-0.2, 0) is 21.2 Å². The smallest absolute Gasteiger partial charge is 0.414 e. The third-order valence-electron chi connectivity index (χ3n) is 4.83. The first-order chi connectivity index (χ1) is 14.4. The van der Waals surface area contributed by atoms with Crippen LogP contribution in [0.2, 0.25) is 0 Å². The Bertz CT molecular complexity index is 1270. The Morgan fingerprint density at radius 3 is 2.60 bits per heavy atom. The Morgan fingerprint density at radius 1 is 1.13 bits per heavy atom. The summed E-state index contributed by atoms with van der Waals surface area (Å²) in [5.74, 6) is 0. The Morgan fingerprint density at radius 2 is 1.90 bits per heavy atom. The van der Waals surface area contributed by atoms with Crippen LogP contribution in [0.1, 0.15) is 12.5 Å². The molecule has 4 rings (SSSR count). The second-order valence-electron chi connectivity index (χ2n) is 6.65. The number of carbonyl (C=O) groups is 1. The topological polar surface area (TPSA) is 98.6 Å². The molecule has 9 heteroatoms. The molecule has 8 nitrogen and oxygen atoms in total. The zero-order valence-electron chi connectivity index (χ0n) is 16.2. The summed E-state index contributed by atoms with van der Waals surface area (Å²) in [4.78, 5) is 29.9. The van der Waals surface area contributed by atoms with Crippen molar-refractivity contribution in [1.29, 1.82) is 0 Å². The molecule has 0 aliphatic carbocycles. The van der Waals surface area contributed by atoms with Crippen LogP contribution >= 0.6 is 0 Å². The number of fused-ring (bicyclic) bond motifs is 1. The van der Waals surface area contributed by atoms with E-state index in [1.807, 2.05) is 18.2 Å². The molecule has 0 spiro atoms. The van der Waals surface area contributed by atoms with Crippen LogP contribution in [0.15, 0.2) is 70.5 Å². The van der Waals surface area contributed by atoms with Crippen molar-refractivity contribution >= 4 is 21.8 Å². The number of hydrogen-bond acceptors (Lipinski definition) is 6. The molecule has 0 unspecified atom stereocenters. The number of carbonyl (C=O) groups excluding carboxylic acids is 1. The highest BCUT2D eigenvalue weighted by atomic mass is 32.2. The first-order valence-corrected chi connectivity index (χ1v) is 10.8. The van der Waals surface area contributed by atoms with Crippen molar-refractivity contribution in [3.05, 3.63) is 76.8 Å².